The van der Waals surface area contributed by atoms with E-state index in [0.29, 0.717) is 5.16 Å². The third kappa shape index (κ3) is 4.31. The summed E-state index contributed by atoms with van der Waals surface area (Å²) in [5.41, 5.74) is 0.186. The molecule has 0 spiro atoms. The molecule has 124 valence electrons. The molecule has 0 unspecified atom stereocenters. The topological polar surface area (TPSA) is 59.8 Å². The zero-order chi connectivity index (χ0) is 17.0. The summed E-state index contributed by atoms with van der Waals surface area (Å²) in [5, 5.41) is 11.7. The molecule has 2 rings (SSSR count). The summed E-state index contributed by atoms with van der Waals surface area (Å²) >= 11 is 1.30. The number of rotatable bonds is 6. The highest BCUT2D eigenvalue weighted by Gasteiger charge is 2.18. The Hall–Kier alpha value is -1.89. The Balaban J connectivity index is 2.03. The lowest BCUT2D eigenvalue weighted by Crippen LogP contribution is -2.16. The molecule has 1 aromatic heterocycles. The number of hydrogen-bond acceptors (Lipinski definition) is 4. The molecule has 7 heteroatoms. The highest BCUT2D eigenvalue weighted by atomic mass is 32.2. The van der Waals surface area contributed by atoms with Crippen molar-refractivity contribution < 1.29 is 9.18 Å². The van der Waals surface area contributed by atoms with E-state index < -0.39 is 5.82 Å². The number of carbonyl (C=O) groups excluding carboxylic acids is 1. The van der Waals surface area contributed by atoms with Crippen molar-refractivity contribution in [3.8, 4) is 0 Å². The van der Waals surface area contributed by atoms with E-state index in [0.717, 1.165) is 5.82 Å². The van der Waals surface area contributed by atoms with Crippen LogP contribution in [0.1, 0.15) is 45.5 Å². The average molecular weight is 336 g/mol. The first-order chi connectivity index (χ1) is 10.9. The molecule has 1 aromatic carbocycles. The van der Waals surface area contributed by atoms with Crippen LogP contribution in [0.4, 0.5) is 10.1 Å². The number of amides is 1. The van der Waals surface area contributed by atoms with Gasteiger partial charge in [0.2, 0.25) is 5.91 Å². The number of hydrogen-bond donors (Lipinski definition) is 1. The molecule has 2 aromatic rings. The average Bonchev–Trinajstić information content (AvgIpc) is 2.92. The number of nitrogens with zero attached hydrogens (tertiary/aromatic N) is 3. The standard InChI is InChI=1S/C16H21FN4OS/c1-10(2)15-19-20-16(21(15)11(3)4)23-9-14(22)18-13-8-6-5-7-12(13)17/h5-8,10-11H,9H2,1-4H3,(H,18,22). The lowest BCUT2D eigenvalue weighted by molar-refractivity contribution is -0.113. The second-order valence-electron chi connectivity index (χ2n) is 5.78. The van der Waals surface area contributed by atoms with Crippen molar-refractivity contribution in [3.05, 3.63) is 35.9 Å². The van der Waals surface area contributed by atoms with Crippen LogP contribution in [0.25, 0.3) is 0 Å². The fourth-order valence-electron chi connectivity index (χ4n) is 2.14. The SMILES string of the molecule is CC(C)c1nnc(SCC(=O)Nc2ccccc2F)n1C(C)C. The summed E-state index contributed by atoms with van der Waals surface area (Å²) in [7, 11) is 0. The molecule has 1 amide bonds. The van der Waals surface area contributed by atoms with E-state index in [1.165, 1.54) is 23.9 Å². The fraction of sp³-hybridized carbons (Fsp3) is 0.438. The second-order valence-corrected chi connectivity index (χ2v) is 6.72. The largest absolute Gasteiger partial charge is 0.323 e. The van der Waals surface area contributed by atoms with E-state index in [1.807, 2.05) is 4.57 Å². The highest BCUT2D eigenvalue weighted by Crippen LogP contribution is 2.25. The van der Waals surface area contributed by atoms with Gasteiger partial charge in [0.1, 0.15) is 11.6 Å². The van der Waals surface area contributed by atoms with Gasteiger partial charge in [0, 0.05) is 12.0 Å². The number of thioether (sulfide) groups is 1. The minimum atomic E-state index is -0.446. The van der Waals surface area contributed by atoms with Crippen LogP contribution < -0.4 is 5.32 Å². The summed E-state index contributed by atoms with van der Waals surface area (Å²) in [4.78, 5) is 12.0. The Morgan fingerprint density at radius 1 is 1.26 bits per heavy atom. The molecular formula is C16H21FN4OS. The van der Waals surface area contributed by atoms with Crippen LogP contribution in [0.2, 0.25) is 0 Å². The zero-order valence-electron chi connectivity index (χ0n) is 13.7. The fourth-order valence-corrected chi connectivity index (χ4v) is 3.02. The molecule has 0 atom stereocenters. The van der Waals surface area contributed by atoms with Crippen molar-refractivity contribution in [2.24, 2.45) is 0 Å². The molecule has 1 heterocycles. The summed E-state index contributed by atoms with van der Waals surface area (Å²) in [6.07, 6.45) is 0. The van der Waals surface area contributed by atoms with Crippen LogP contribution in [0.3, 0.4) is 0 Å². The first-order valence-electron chi connectivity index (χ1n) is 7.52. The lowest BCUT2D eigenvalue weighted by atomic mass is 10.2. The van der Waals surface area contributed by atoms with Gasteiger partial charge in [-0.05, 0) is 26.0 Å². The van der Waals surface area contributed by atoms with E-state index in [-0.39, 0.29) is 29.3 Å². The quantitative estimate of drug-likeness (QED) is 0.814. The van der Waals surface area contributed by atoms with E-state index in [9.17, 15) is 9.18 Å². The van der Waals surface area contributed by atoms with Crippen LogP contribution in [0.15, 0.2) is 29.4 Å². The number of halogens is 1. The number of benzene rings is 1. The van der Waals surface area contributed by atoms with Crippen molar-refractivity contribution in [2.45, 2.75) is 44.8 Å². The molecule has 0 saturated heterocycles. The van der Waals surface area contributed by atoms with E-state index in [2.05, 4.69) is 43.2 Å². The van der Waals surface area contributed by atoms with Gasteiger partial charge < -0.3 is 9.88 Å². The van der Waals surface area contributed by atoms with Gasteiger partial charge in [0.05, 0.1) is 11.4 Å². The van der Waals surface area contributed by atoms with Crippen LogP contribution >= 0.6 is 11.8 Å². The lowest BCUT2D eigenvalue weighted by Gasteiger charge is -2.15. The van der Waals surface area contributed by atoms with Gasteiger partial charge in [-0.15, -0.1) is 10.2 Å². The first-order valence-corrected chi connectivity index (χ1v) is 8.50. The molecule has 0 aliphatic rings. The van der Waals surface area contributed by atoms with E-state index >= 15 is 0 Å². The Kier molecular flexibility index (Phi) is 5.76. The predicted molar refractivity (Wildman–Crippen MR) is 90.2 cm³/mol. The van der Waals surface area contributed by atoms with Crippen LogP contribution in [-0.4, -0.2) is 26.4 Å². The number of para-hydroxylation sites is 1. The summed E-state index contributed by atoms with van der Waals surface area (Å²) < 4.78 is 15.6. The number of aromatic nitrogens is 3. The first kappa shape index (κ1) is 17.5. The smallest absolute Gasteiger partial charge is 0.234 e. The molecule has 0 aliphatic carbocycles. The molecule has 0 aliphatic heterocycles. The molecule has 0 saturated carbocycles. The maximum atomic E-state index is 13.5. The molecular weight excluding hydrogens is 315 g/mol. The molecule has 0 bridgehead atoms. The van der Waals surface area contributed by atoms with Gasteiger partial charge >= 0.3 is 0 Å². The number of carbonyl (C=O) groups is 1. The van der Waals surface area contributed by atoms with Gasteiger partial charge in [-0.25, -0.2) is 4.39 Å². The van der Waals surface area contributed by atoms with E-state index in [4.69, 9.17) is 0 Å². The van der Waals surface area contributed by atoms with Crippen molar-refractivity contribution in [1.82, 2.24) is 14.8 Å². The van der Waals surface area contributed by atoms with Crippen LogP contribution in [0.5, 0.6) is 0 Å². The molecule has 5 nitrogen and oxygen atoms in total. The number of nitrogens with one attached hydrogen (secondary N) is 1. The van der Waals surface area contributed by atoms with Crippen molar-refractivity contribution in [1.29, 1.82) is 0 Å². The maximum absolute atomic E-state index is 13.5. The van der Waals surface area contributed by atoms with Gasteiger partial charge in [0.15, 0.2) is 5.16 Å². The summed E-state index contributed by atoms with van der Waals surface area (Å²) in [5.74, 6) is 0.586. The minimum absolute atomic E-state index is 0.150. The van der Waals surface area contributed by atoms with Crippen LogP contribution in [-0.2, 0) is 4.79 Å². The Labute approximate surface area is 139 Å². The summed E-state index contributed by atoms with van der Waals surface area (Å²) in [6.45, 7) is 8.22. The van der Waals surface area contributed by atoms with Crippen LogP contribution in [0, 0.1) is 5.82 Å². The van der Waals surface area contributed by atoms with Crippen molar-refractivity contribution in [3.63, 3.8) is 0 Å². The maximum Gasteiger partial charge on any atom is 0.234 e. The highest BCUT2D eigenvalue weighted by molar-refractivity contribution is 7.99. The van der Waals surface area contributed by atoms with Gasteiger partial charge in [-0.2, -0.15) is 0 Å². The van der Waals surface area contributed by atoms with Crippen molar-refractivity contribution in [2.75, 3.05) is 11.1 Å². The third-order valence-electron chi connectivity index (χ3n) is 3.20. The Bertz CT molecular complexity index is 684. The molecule has 1 N–H and O–H groups in total. The monoisotopic (exact) mass is 336 g/mol. The Morgan fingerprint density at radius 3 is 2.57 bits per heavy atom. The predicted octanol–water partition coefficient (Wildman–Crippen LogP) is 3.85. The van der Waals surface area contributed by atoms with Gasteiger partial charge in [-0.3, -0.25) is 4.79 Å². The molecule has 0 radical (unpaired) electrons. The zero-order valence-corrected chi connectivity index (χ0v) is 14.5. The minimum Gasteiger partial charge on any atom is -0.323 e. The normalized spacial score (nSPS) is 11.3. The van der Waals surface area contributed by atoms with Gasteiger partial charge in [0.25, 0.3) is 0 Å². The summed E-state index contributed by atoms with van der Waals surface area (Å²) in [6, 6.07) is 6.31. The Morgan fingerprint density at radius 2 is 1.96 bits per heavy atom. The van der Waals surface area contributed by atoms with E-state index in [1.54, 1.807) is 12.1 Å². The third-order valence-corrected chi connectivity index (χ3v) is 4.15. The molecule has 0 fully saturated rings. The van der Waals surface area contributed by atoms with Crippen molar-refractivity contribution >= 4 is 23.4 Å². The number of anilines is 1. The van der Waals surface area contributed by atoms with Gasteiger partial charge in [-0.1, -0.05) is 37.7 Å². The molecule has 23 heavy (non-hydrogen) atoms. The second kappa shape index (κ2) is 7.59.